The van der Waals surface area contributed by atoms with Crippen molar-refractivity contribution >= 4 is 28.9 Å². The first-order valence-electron chi connectivity index (χ1n) is 8.08. The van der Waals surface area contributed by atoms with E-state index in [0.29, 0.717) is 11.4 Å². The van der Waals surface area contributed by atoms with E-state index in [0.717, 1.165) is 0 Å². The number of methoxy groups -OCH3 is 1. The van der Waals surface area contributed by atoms with Crippen molar-refractivity contribution in [2.24, 2.45) is 5.92 Å². The third-order valence-electron chi connectivity index (χ3n) is 4.29. The number of hydrogen-bond donors (Lipinski definition) is 1. The summed E-state index contributed by atoms with van der Waals surface area (Å²) in [5.74, 6) is -1.55. The van der Waals surface area contributed by atoms with Crippen molar-refractivity contribution in [2.45, 2.75) is 6.42 Å². The zero-order chi connectivity index (χ0) is 19.6. The first-order chi connectivity index (χ1) is 12.9. The Bertz CT molecular complexity index is 900. The van der Waals surface area contributed by atoms with E-state index in [1.54, 1.807) is 0 Å². The van der Waals surface area contributed by atoms with Crippen molar-refractivity contribution in [3.63, 3.8) is 0 Å². The number of benzene rings is 2. The van der Waals surface area contributed by atoms with Crippen molar-refractivity contribution in [1.82, 2.24) is 0 Å². The number of carbonyl (C=O) groups excluding carboxylic acids is 2. The molecule has 2 aromatic rings. The number of carbonyl (C=O) groups is 2. The molecule has 1 aliphatic heterocycles. The molecule has 1 N–H and O–H groups in total. The Morgan fingerprint density at radius 1 is 1.30 bits per heavy atom. The summed E-state index contributed by atoms with van der Waals surface area (Å²) >= 11 is 0. The Morgan fingerprint density at radius 2 is 2.00 bits per heavy atom. The monoisotopic (exact) mass is 373 g/mol. The molecule has 1 fully saturated rings. The van der Waals surface area contributed by atoms with Crippen LogP contribution in [0.25, 0.3) is 0 Å². The fourth-order valence-electron chi connectivity index (χ4n) is 2.89. The summed E-state index contributed by atoms with van der Waals surface area (Å²) in [6, 6.07) is 9.39. The minimum absolute atomic E-state index is 0.00275. The van der Waals surface area contributed by atoms with Gasteiger partial charge in [-0.15, -0.1) is 0 Å². The van der Waals surface area contributed by atoms with Gasteiger partial charge in [-0.05, 0) is 30.3 Å². The van der Waals surface area contributed by atoms with Gasteiger partial charge in [0.05, 0.1) is 18.0 Å². The summed E-state index contributed by atoms with van der Waals surface area (Å²) in [6.07, 6.45) is -0.0407. The van der Waals surface area contributed by atoms with Crippen LogP contribution in [-0.4, -0.2) is 30.4 Å². The fourth-order valence-corrected chi connectivity index (χ4v) is 2.89. The highest BCUT2D eigenvalue weighted by Gasteiger charge is 2.35. The Labute approximate surface area is 153 Å². The van der Waals surface area contributed by atoms with E-state index in [2.05, 4.69) is 5.32 Å². The quantitative estimate of drug-likeness (QED) is 0.641. The summed E-state index contributed by atoms with van der Waals surface area (Å²) in [6.45, 7) is 0.105. The van der Waals surface area contributed by atoms with Crippen LogP contribution in [-0.2, 0) is 9.59 Å². The van der Waals surface area contributed by atoms with Gasteiger partial charge < -0.3 is 15.0 Å². The first kappa shape index (κ1) is 18.3. The third kappa shape index (κ3) is 3.86. The number of ether oxygens (including phenoxy) is 1. The molecule has 9 heteroatoms. The second-order valence-electron chi connectivity index (χ2n) is 6.01. The molecule has 2 amide bonds. The molecule has 0 aromatic heterocycles. The maximum atomic E-state index is 13.1. The number of rotatable bonds is 5. The van der Waals surface area contributed by atoms with E-state index < -0.39 is 22.6 Å². The number of halogens is 1. The lowest BCUT2D eigenvalue weighted by atomic mass is 10.1. The van der Waals surface area contributed by atoms with Crippen molar-refractivity contribution in [2.75, 3.05) is 23.9 Å². The summed E-state index contributed by atoms with van der Waals surface area (Å²) < 4.78 is 18.1. The van der Waals surface area contributed by atoms with E-state index in [1.807, 2.05) is 0 Å². The lowest BCUT2D eigenvalue weighted by Crippen LogP contribution is -2.28. The fraction of sp³-hybridized carbons (Fsp3) is 0.222. The van der Waals surface area contributed by atoms with Crippen molar-refractivity contribution in [3.05, 3.63) is 58.4 Å². The third-order valence-corrected chi connectivity index (χ3v) is 4.29. The van der Waals surface area contributed by atoms with Gasteiger partial charge in [0.2, 0.25) is 11.8 Å². The van der Waals surface area contributed by atoms with Crippen LogP contribution in [0.15, 0.2) is 42.5 Å². The van der Waals surface area contributed by atoms with E-state index in [-0.39, 0.29) is 30.2 Å². The molecule has 2 aromatic carbocycles. The number of amides is 2. The number of nitro benzene ring substituents is 1. The highest BCUT2D eigenvalue weighted by Crippen LogP contribution is 2.31. The smallest absolute Gasteiger partial charge is 0.293 e. The molecule has 0 saturated carbocycles. The molecule has 0 unspecified atom stereocenters. The SMILES string of the molecule is COc1ccc([N+](=O)[O-])c(NC(=O)[C@@H]2CC(=O)N(c3ccc(F)cc3)C2)c1. The van der Waals surface area contributed by atoms with E-state index >= 15 is 0 Å². The summed E-state index contributed by atoms with van der Waals surface area (Å²) in [5, 5.41) is 13.7. The van der Waals surface area contributed by atoms with Gasteiger partial charge in [0, 0.05) is 30.8 Å². The zero-order valence-corrected chi connectivity index (χ0v) is 14.3. The number of hydrogen-bond acceptors (Lipinski definition) is 5. The molecule has 140 valence electrons. The zero-order valence-electron chi connectivity index (χ0n) is 14.3. The molecule has 0 aliphatic carbocycles. The molecule has 27 heavy (non-hydrogen) atoms. The lowest BCUT2D eigenvalue weighted by Gasteiger charge is -2.16. The Morgan fingerprint density at radius 3 is 2.63 bits per heavy atom. The van der Waals surface area contributed by atoms with Crippen LogP contribution >= 0.6 is 0 Å². The second kappa shape index (κ2) is 7.40. The van der Waals surface area contributed by atoms with E-state index in [1.165, 1.54) is 54.5 Å². The molecule has 0 spiro atoms. The van der Waals surface area contributed by atoms with Gasteiger partial charge >= 0.3 is 0 Å². The highest BCUT2D eigenvalue weighted by atomic mass is 19.1. The predicted octanol–water partition coefficient (Wildman–Crippen LogP) is 2.73. The topological polar surface area (TPSA) is 102 Å². The standard InChI is InChI=1S/C18H16FN3O5/c1-27-14-6-7-16(22(25)26)15(9-14)20-18(24)11-8-17(23)21(10-11)13-4-2-12(19)3-5-13/h2-7,9,11H,8,10H2,1H3,(H,20,24)/t11-/m1/s1. The largest absolute Gasteiger partial charge is 0.497 e. The molecule has 8 nitrogen and oxygen atoms in total. The summed E-state index contributed by atoms with van der Waals surface area (Å²) in [5.41, 5.74) is 0.213. The number of nitrogens with zero attached hydrogens (tertiary/aromatic N) is 2. The summed E-state index contributed by atoms with van der Waals surface area (Å²) in [7, 11) is 1.41. The second-order valence-corrected chi connectivity index (χ2v) is 6.01. The van der Waals surface area contributed by atoms with Crippen LogP contribution in [0, 0.1) is 21.8 Å². The van der Waals surface area contributed by atoms with Crippen LogP contribution in [0.3, 0.4) is 0 Å². The highest BCUT2D eigenvalue weighted by molar-refractivity contribution is 6.04. The summed E-state index contributed by atoms with van der Waals surface area (Å²) in [4.78, 5) is 36.7. The average molecular weight is 373 g/mol. The Balaban J connectivity index is 1.77. The van der Waals surface area contributed by atoms with Gasteiger partial charge in [0.1, 0.15) is 17.3 Å². The minimum atomic E-state index is -0.687. The molecular weight excluding hydrogens is 357 g/mol. The average Bonchev–Trinajstić information content (AvgIpc) is 3.04. The lowest BCUT2D eigenvalue weighted by molar-refractivity contribution is -0.383. The van der Waals surface area contributed by atoms with Crippen LogP contribution in [0.4, 0.5) is 21.5 Å². The van der Waals surface area contributed by atoms with Crippen molar-refractivity contribution in [1.29, 1.82) is 0 Å². The Hall–Kier alpha value is -3.49. The van der Waals surface area contributed by atoms with Crippen molar-refractivity contribution < 1.29 is 23.6 Å². The van der Waals surface area contributed by atoms with Gasteiger partial charge in [-0.2, -0.15) is 0 Å². The van der Waals surface area contributed by atoms with E-state index in [4.69, 9.17) is 4.74 Å². The van der Waals surface area contributed by atoms with Crippen LogP contribution in [0.5, 0.6) is 5.75 Å². The van der Waals surface area contributed by atoms with Gasteiger partial charge in [0.25, 0.3) is 5.69 Å². The predicted molar refractivity (Wildman–Crippen MR) is 95.1 cm³/mol. The molecule has 1 heterocycles. The first-order valence-corrected chi connectivity index (χ1v) is 8.08. The normalized spacial score (nSPS) is 16.3. The van der Waals surface area contributed by atoms with Crippen molar-refractivity contribution in [3.8, 4) is 5.75 Å². The molecule has 1 atom stereocenters. The maximum absolute atomic E-state index is 13.1. The van der Waals surface area contributed by atoms with E-state index in [9.17, 15) is 24.1 Å². The van der Waals surface area contributed by atoms with Crippen LogP contribution in [0.1, 0.15) is 6.42 Å². The van der Waals surface area contributed by atoms with Gasteiger partial charge in [-0.3, -0.25) is 19.7 Å². The number of nitro groups is 1. The Kier molecular flexibility index (Phi) is 5.02. The molecular formula is C18H16FN3O5. The maximum Gasteiger partial charge on any atom is 0.293 e. The van der Waals surface area contributed by atoms with Crippen LogP contribution in [0.2, 0.25) is 0 Å². The van der Waals surface area contributed by atoms with Gasteiger partial charge in [0.15, 0.2) is 0 Å². The molecule has 3 rings (SSSR count). The van der Waals surface area contributed by atoms with Gasteiger partial charge in [-0.1, -0.05) is 0 Å². The molecule has 1 saturated heterocycles. The minimum Gasteiger partial charge on any atom is -0.497 e. The van der Waals surface area contributed by atoms with Gasteiger partial charge in [-0.25, -0.2) is 4.39 Å². The molecule has 1 aliphatic rings. The number of nitrogens with one attached hydrogen (secondary N) is 1. The number of anilines is 2. The molecule has 0 radical (unpaired) electrons. The van der Waals surface area contributed by atoms with Crippen LogP contribution < -0.4 is 15.0 Å². The molecule has 0 bridgehead atoms.